The Kier molecular flexibility index (Phi) is 2.49. The van der Waals surface area contributed by atoms with Gasteiger partial charge in [0.1, 0.15) is 11.8 Å². The van der Waals surface area contributed by atoms with Gasteiger partial charge < -0.3 is 10.2 Å². The van der Waals surface area contributed by atoms with E-state index in [9.17, 15) is 0 Å². The van der Waals surface area contributed by atoms with Crippen molar-refractivity contribution in [3.63, 3.8) is 0 Å². The lowest BCUT2D eigenvalue weighted by atomic mass is 9.86. The van der Waals surface area contributed by atoms with Crippen LogP contribution in [0.2, 0.25) is 0 Å². The quantitative estimate of drug-likeness (QED) is 0.783. The molecule has 0 saturated carbocycles. The fourth-order valence-corrected chi connectivity index (χ4v) is 2.98. The zero-order valence-electron chi connectivity index (χ0n) is 9.82. The van der Waals surface area contributed by atoms with Crippen LogP contribution in [-0.2, 0) is 0 Å². The van der Waals surface area contributed by atoms with Crippen molar-refractivity contribution in [2.24, 2.45) is 5.41 Å². The van der Waals surface area contributed by atoms with Gasteiger partial charge in [0.05, 0.1) is 0 Å². The van der Waals surface area contributed by atoms with Crippen LogP contribution in [0.5, 0.6) is 0 Å². The van der Waals surface area contributed by atoms with Crippen LogP contribution in [0, 0.1) is 16.7 Å². The highest BCUT2D eigenvalue weighted by atomic mass is 15.2. The Morgan fingerprint density at radius 2 is 2.41 bits per heavy atom. The first-order valence-corrected chi connectivity index (χ1v) is 6.13. The lowest BCUT2D eigenvalue weighted by molar-refractivity contribution is 0.369. The van der Waals surface area contributed by atoms with Gasteiger partial charge in [0.2, 0.25) is 0 Å². The molecule has 0 bridgehead atoms. The molecule has 88 valence electrons. The first-order chi connectivity index (χ1) is 8.31. The number of pyridine rings is 1. The molecular weight excluding hydrogens is 212 g/mol. The molecule has 2 aliphatic rings. The average Bonchev–Trinajstić information content (AvgIpc) is 3.01. The summed E-state index contributed by atoms with van der Waals surface area (Å²) in [5, 5.41) is 12.3. The second-order valence-corrected chi connectivity index (χ2v) is 5.11. The summed E-state index contributed by atoms with van der Waals surface area (Å²) in [5.41, 5.74) is 2.11. The maximum absolute atomic E-state index is 8.87. The number of hydrogen-bond acceptors (Lipinski definition) is 4. The first kappa shape index (κ1) is 10.5. The summed E-state index contributed by atoms with van der Waals surface area (Å²) in [4.78, 5) is 6.40. The predicted octanol–water partition coefficient (Wildman–Crippen LogP) is 1.14. The van der Waals surface area contributed by atoms with Gasteiger partial charge in [0.15, 0.2) is 0 Å². The summed E-state index contributed by atoms with van der Waals surface area (Å²) < 4.78 is 0. The monoisotopic (exact) mass is 228 g/mol. The standard InChI is InChI=1S/C13H16N4/c14-8-11-7-12(1-4-16-11)17-6-3-13(10-17)2-5-15-9-13/h1,4,7,15H,2-3,5-6,9-10H2. The van der Waals surface area contributed by atoms with Gasteiger partial charge >= 0.3 is 0 Å². The highest BCUT2D eigenvalue weighted by molar-refractivity contribution is 5.50. The third-order valence-electron chi connectivity index (χ3n) is 3.99. The highest BCUT2D eigenvalue weighted by Gasteiger charge is 2.40. The molecule has 1 atom stereocenters. The summed E-state index contributed by atoms with van der Waals surface area (Å²) in [7, 11) is 0. The molecule has 4 nitrogen and oxygen atoms in total. The van der Waals surface area contributed by atoms with E-state index in [1.165, 1.54) is 12.8 Å². The van der Waals surface area contributed by atoms with Gasteiger partial charge in [0, 0.05) is 36.9 Å². The zero-order valence-corrected chi connectivity index (χ0v) is 9.82. The van der Waals surface area contributed by atoms with E-state index in [0.717, 1.165) is 31.9 Å². The van der Waals surface area contributed by atoms with E-state index in [4.69, 9.17) is 5.26 Å². The zero-order chi connectivity index (χ0) is 11.7. The molecule has 1 spiro atoms. The number of nitrogens with zero attached hydrogens (tertiary/aromatic N) is 3. The number of rotatable bonds is 1. The molecule has 0 aliphatic carbocycles. The van der Waals surface area contributed by atoms with Crippen molar-refractivity contribution in [2.75, 3.05) is 31.1 Å². The maximum atomic E-state index is 8.87. The largest absolute Gasteiger partial charge is 0.371 e. The Morgan fingerprint density at radius 1 is 1.47 bits per heavy atom. The van der Waals surface area contributed by atoms with Crippen molar-refractivity contribution in [3.8, 4) is 6.07 Å². The third kappa shape index (κ3) is 1.87. The molecular formula is C13H16N4. The van der Waals surface area contributed by atoms with Crippen molar-refractivity contribution in [1.29, 1.82) is 5.26 Å². The van der Waals surface area contributed by atoms with Gasteiger partial charge in [-0.15, -0.1) is 0 Å². The van der Waals surface area contributed by atoms with Gasteiger partial charge in [-0.1, -0.05) is 0 Å². The molecule has 3 rings (SSSR count). The van der Waals surface area contributed by atoms with Crippen molar-refractivity contribution < 1.29 is 0 Å². The minimum atomic E-state index is 0.468. The average molecular weight is 228 g/mol. The number of anilines is 1. The lowest BCUT2D eigenvalue weighted by Gasteiger charge is -2.24. The molecule has 4 heteroatoms. The molecule has 2 fully saturated rings. The molecule has 2 aliphatic heterocycles. The van der Waals surface area contributed by atoms with Crippen LogP contribution in [0.4, 0.5) is 5.69 Å². The smallest absolute Gasteiger partial charge is 0.142 e. The summed E-state index contributed by atoms with van der Waals surface area (Å²) in [6, 6.07) is 5.99. The first-order valence-electron chi connectivity index (χ1n) is 6.13. The SMILES string of the molecule is N#Cc1cc(N2CCC3(CCNC3)C2)ccn1. The molecule has 0 amide bonds. The van der Waals surface area contributed by atoms with Crippen molar-refractivity contribution in [2.45, 2.75) is 12.8 Å². The maximum Gasteiger partial charge on any atom is 0.142 e. The van der Waals surface area contributed by atoms with Crippen molar-refractivity contribution in [1.82, 2.24) is 10.3 Å². The summed E-state index contributed by atoms with van der Waals surface area (Å²) in [6.45, 7) is 4.48. The minimum Gasteiger partial charge on any atom is -0.371 e. The minimum absolute atomic E-state index is 0.468. The summed E-state index contributed by atoms with van der Waals surface area (Å²) >= 11 is 0. The number of aromatic nitrogens is 1. The van der Waals surface area contributed by atoms with E-state index < -0.39 is 0 Å². The van der Waals surface area contributed by atoms with E-state index in [1.807, 2.05) is 12.1 Å². The van der Waals surface area contributed by atoms with E-state index in [2.05, 4.69) is 21.3 Å². The Labute approximate surface area is 101 Å². The fraction of sp³-hybridized carbons (Fsp3) is 0.538. The van der Waals surface area contributed by atoms with Crippen molar-refractivity contribution in [3.05, 3.63) is 24.0 Å². The lowest BCUT2D eigenvalue weighted by Crippen LogP contribution is -2.29. The highest BCUT2D eigenvalue weighted by Crippen LogP contribution is 2.37. The van der Waals surface area contributed by atoms with Crippen LogP contribution in [0.25, 0.3) is 0 Å². The molecule has 0 radical (unpaired) electrons. The Hall–Kier alpha value is -1.60. The van der Waals surface area contributed by atoms with E-state index in [-0.39, 0.29) is 0 Å². The number of nitriles is 1. The number of nitrogens with one attached hydrogen (secondary N) is 1. The Bertz CT molecular complexity index is 457. The van der Waals surface area contributed by atoms with Crippen molar-refractivity contribution >= 4 is 5.69 Å². The molecule has 1 N–H and O–H groups in total. The topological polar surface area (TPSA) is 52.0 Å². The summed E-state index contributed by atoms with van der Waals surface area (Å²) in [6.07, 6.45) is 4.26. The Morgan fingerprint density at radius 3 is 3.18 bits per heavy atom. The molecule has 17 heavy (non-hydrogen) atoms. The van der Waals surface area contributed by atoms with Crippen LogP contribution in [-0.4, -0.2) is 31.2 Å². The van der Waals surface area contributed by atoms with Crippen LogP contribution >= 0.6 is 0 Å². The van der Waals surface area contributed by atoms with E-state index >= 15 is 0 Å². The van der Waals surface area contributed by atoms with Gasteiger partial charge in [0.25, 0.3) is 0 Å². The molecule has 0 aromatic carbocycles. The Balaban J connectivity index is 1.80. The molecule has 2 saturated heterocycles. The van der Waals surface area contributed by atoms with Gasteiger partial charge in [-0.05, 0) is 31.5 Å². The van der Waals surface area contributed by atoms with Crippen LogP contribution in [0.3, 0.4) is 0 Å². The second-order valence-electron chi connectivity index (χ2n) is 5.11. The molecule has 1 aromatic heterocycles. The molecule has 3 heterocycles. The van der Waals surface area contributed by atoms with E-state index in [1.54, 1.807) is 6.20 Å². The predicted molar refractivity (Wildman–Crippen MR) is 65.7 cm³/mol. The molecule has 1 unspecified atom stereocenters. The normalized spacial score (nSPS) is 27.6. The molecule has 1 aromatic rings. The second kappa shape index (κ2) is 4.01. The third-order valence-corrected chi connectivity index (χ3v) is 3.99. The fourth-order valence-electron chi connectivity index (χ4n) is 2.98. The number of hydrogen-bond donors (Lipinski definition) is 1. The van der Waals surface area contributed by atoms with Crippen LogP contribution < -0.4 is 10.2 Å². The van der Waals surface area contributed by atoms with Gasteiger partial charge in [-0.25, -0.2) is 4.98 Å². The summed E-state index contributed by atoms with van der Waals surface area (Å²) in [5.74, 6) is 0. The van der Waals surface area contributed by atoms with Gasteiger partial charge in [-0.2, -0.15) is 5.26 Å². The van der Waals surface area contributed by atoms with E-state index in [0.29, 0.717) is 11.1 Å². The van der Waals surface area contributed by atoms with Gasteiger partial charge in [-0.3, -0.25) is 0 Å². The van der Waals surface area contributed by atoms with Crippen LogP contribution in [0.1, 0.15) is 18.5 Å². The van der Waals surface area contributed by atoms with Crippen LogP contribution in [0.15, 0.2) is 18.3 Å².